The molecule has 0 saturated carbocycles. The lowest BCUT2D eigenvalue weighted by Crippen LogP contribution is -2.26. The first-order valence-corrected chi connectivity index (χ1v) is 6.01. The highest BCUT2D eigenvalue weighted by atomic mass is 35.5. The van der Waals surface area contributed by atoms with Crippen LogP contribution in [0.2, 0.25) is 0 Å². The van der Waals surface area contributed by atoms with Crippen LogP contribution in [0.5, 0.6) is 0 Å². The summed E-state index contributed by atoms with van der Waals surface area (Å²) in [4.78, 5) is 0. The summed E-state index contributed by atoms with van der Waals surface area (Å²) < 4.78 is 0. The molecule has 0 aromatic heterocycles. The van der Waals surface area contributed by atoms with Crippen LogP contribution in [0, 0.1) is 0 Å². The number of anilines is 1. The van der Waals surface area contributed by atoms with E-state index >= 15 is 0 Å². The van der Waals surface area contributed by atoms with Crippen molar-refractivity contribution in [2.75, 3.05) is 25.0 Å². The third kappa shape index (κ3) is 3.06. The van der Waals surface area contributed by atoms with Crippen LogP contribution in [0.15, 0.2) is 18.2 Å². The third-order valence-corrected chi connectivity index (χ3v) is 3.65. The highest BCUT2D eigenvalue weighted by molar-refractivity contribution is 5.85. The SMILES string of the molecule is Cl.Cl.c1cc2c(cc1C1CCNCC1)NCC2. The van der Waals surface area contributed by atoms with E-state index in [1.807, 2.05) is 0 Å². The summed E-state index contributed by atoms with van der Waals surface area (Å²) in [6, 6.07) is 7.02. The Morgan fingerprint density at radius 2 is 1.76 bits per heavy atom. The van der Waals surface area contributed by atoms with Crippen LogP contribution in [-0.4, -0.2) is 19.6 Å². The Kier molecular flexibility index (Phi) is 5.57. The second kappa shape index (κ2) is 6.48. The molecule has 2 aliphatic rings. The molecular weight excluding hydrogens is 255 g/mol. The van der Waals surface area contributed by atoms with Crippen molar-refractivity contribution < 1.29 is 0 Å². The Hall–Kier alpha value is -0.440. The van der Waals surface area contributed by atoms with Crippen LogP contribution in [-0.2, 0) is 6.42 Å². The van der Waals surface area contributed by atoms with Gasteiger partial charge in [0.25, 0.3) is 0 Å². The number of fused-ring (bicyclic) bond motifs is 1. The number of nitrogens with one attached hydrogen (secondary N) is 2. The maximum atomic E-state index is 3.46. The molecule has 0 radical (unpaired) electrons. The molecule has 0 spiro atoms. The zero-order chi connectivity index (χ0) is 10.1. The van der Waals surface area contributed by atoms with Crippen LogP contribution in [0.3, 0.4) is 0 Å². The monoisotopic (exact) mass is 274 g/mol. The molecule has 2 nitrogen and oxygen atoms in total. The molecule has 0 atom stereocenters. The Morgan fingerprint density at radius 3 is 2.53 bits per heavy atom. The fourth-order valence-corrected chi connectivity index (χ4v) is 2.72. The molecule has 0 amide bonds. The van der Waals surface area contributed by atoms with Crippen molar-refractivity contribution in [2.24, 2.45) is 0 Å². The van der Waals surface area contributed by atoms with Crippen molar-refractivity contribution in [1.29, 1.82) is 0 Å². The Morgan fingerprint density at radius 1 is 1.00 bits per heavy atom. The lowest BCUT2D eigenvalue weighted by molar-refractivity contribution is 0.460. The summed E-state index contributed by atoms with van der Waals surface area (Å²) in [6.45, 7) is 3.47. The predicted octanol–water partition coefficient (Wildman–Crippen LogP) is 2.97. The molecule has 1 fully saturated rings. The zero-order valence-corrected chi connectivity index (χ0v) is 11.5. The molecule has 0 aliphatic carbocycles. The quantitative estimate of drug-likeness (QED) is 0.823. The van der Waals surface area contributed by atoms with Gasteiger partial charge in [0.2, 0.25) is 0 Å². The highest BCUT2D eigenvalue weighted by Crippen LogP contribution is 2.30. The minimum Gasteiger partial charge on any atom is -0.384 e. The summed E-state index contributed by atoms with van der Waals surface area (Å²) >= 11 is 0. The third-order valence-electron chi connectivity index (χ3n) is 3.65. The molecule has 0 unspecified atom stereocenters. The number of hydrogen-bond donors (Lipinski definition) is 2. The number of rotatable bonds is 1. The van der Waals surface area contributed by atoms with E-state index in [0.717, 1.165) is 12.5 Å². The lowest BCUT2D eigenvalue weighted by Gasteiger charge is -2.23. The average Bonchev–Trinajstić information content (AvgIpc) is 2.77. The highest BCUT2D eigenvalue weighted by Gasteiger charge is 2.17. The van der Waals surface area contributed by atoms with Crippen LogP contribution in [0.1, 0.15) is 29.9 Å². The van der Waals surface area contributed by atoms with Crippen molar-refractivity contribution in [3.8, 4) is 0 Å². The van der Waals surface area contributed by atoms with Crippen LogP contribution >= 0.6 is 24.8 Å². The maximum Gasteiger partial charge on any atom is 0.0376 e. The van der Waals surface area contributed by atoms with E-state index < -0.39 is 0 Å². The topological polar surface area (TPSA) is 24.1 Å². The first-order valence-electron chi connectivity index (χ1n) is 6.01. The summed E-state index contributed by atoms with van der Waals surface area (Å²) in [5.74, 6) is 0.777. The van der Waals surface area contributed by atoms with Gasteiger partial charge in [-0.15, -0.1) is 24.8 Å². The van der Waals surface area contributed by atoms with Crippen LogP contribution in [0.4, 0.5) is 5.69 Å². The van der Waals surface area contributed by atoms with E-state index in [4.69, 9.17) is 0 Å². The van der Waals surface area contributed by atoms with Gasteiger partial charge >= 0.3 is 0 Å². The van der Waals surface area contributed by atoms with Crippen LogP contribution in [0.25, 0.3) is 0 Å². The van der Waals surface area contributed by atoms with Gasteiger partial charge in [-0.1, -0.05) is 12.1 Å². The van der Waals surface area contributed by atoms with Gasteiger partial charge in [-0.25, -0.2) is 0 Å². The van der Waals surface area contributed by atoms with E-state index in [1.165, 1.54) is 49.2 Å². The molecule has 4 heteroatoms. The van der Waals surface area contributed by atoms with Gasteiger partial charge in [-0.3, -0.25) is 0 Å². The Balaban J connectivity index is 0.000000722. The second-order valence-electron chi connectivity index (χ2n) is 4.62. The average molecular weight is 275 g/mol. The van der Waals surface area contributed by atoms with Crippen molar-refractivity contribution >= 4 is 30.5 Å². The molecule has 2 aliphatic heterocycles. The van der Waals surface area contributed by atoms with Gasteiger partial charge in [-0.05, 0) is 55.5 Å². The summed E-state index contributed by atoms with van der Waals surface area (Å²) in [7, 11) is 0. The predicted molar refractivity (Wildman–Crippen MR) is 78.0 cm³/mol. The maximum absolute atomic E-state index is 3.46. The number of piperidine rings is 1. The van der Waals surface area contributed by atoms with E-state index in [0.29, 0.717) is 0 Å². The first-order chi connectivity index (χ1) is 7.43. The molecule has 1 aromatic carbocycles. The van der Waals surface area contributed by atoms with Gasteiger partial charge < -0.3 is 10.6 Å². The molecule has 0 bridgehead atoms. The molecule has 1 aromatic rings. The van der Waals surface area contributed by atoms with Gasteiger partial charge in [0.05, 0.1) is 0 Å². The van der Waals surface area contributed by atoms with Crippen molar-refractivity contribution in [2.45, 2.75) is 25.2 Å². The van der Waals surface area contributed by atoms with Crippen molar-refractivity contribution in [3.05, 3.63) is 29.3 Å². The van der Waals surface area contributed by atoms with E-state index in [2.05, 4.69) is 28.8 Å². The molecule has 1 saturated heterocycles. The smallest absolute Gasteiger partial charge is 0.0376 e. The minimum absolute atomic E-state index is 0. The minimum atomic E-state index is 0. The number of benzene rings is 1. The normalized spacial score (nSPS) is 18.6. The lowest BCUT2D eigenvalue weighted by atomic mass is 9.89. The largest absolute Gasteiger partial charge is 0.384 e. The molecular formula is C13H20Cl2N2. The fraction of sp³-hybridized carbons (Fsp3) is 0.538. The molecule has 96 valence electrons. The van der Waals surface area contributed by atoms with Crippen LogP contribution < -0.4 is 10.6 Å². The number of halogens is 2. The Bertz CT molecular complexity index is 362. The van der Waals surface area contributed by atoms with Gasteiger partial charge in [0.1, 0.15) is 0 Å². The molecule has 3 rings (SSSR count). The van der Waals surface area contributed by atoms with Gasteiger partial charge in [0.15, 0.2) is 0 Å². The van der Waals surface area contributed by atoms with Gasteiger partial charge in [-0.2, -0.15) is 0 Å². The first kappa shape index (κ1) is 14.6. The molecule has 17 heavy (non-hydrogen) atoms. The van der Waals surface area contributed by atoms with Gasteiger partial charge in [0, 0.05) is 12.2 Å². The number of hydrogen-bond acceptors (Lipinski definition) is 2. The zero-order valence-electron chi connectivity index (χ0n) is 9.87. The summed E-state index contributed by atoms with van der Waals surface area (Å²) in [5.41, 5.74) is 4.41. The van der Waals surface area contributed by atoms with E-state index in [9.17, 15) is 0 Å². The standard InChI is InChI=1S/C13H18N2.2ClH/c1-2-12(10-3-6-14-7-4-10)9-13-11(1)5-8-15-13;;/h1-2,9-10,14-15H,3-8H2;2*1H. The summed E-state index contributed by atoms with van der Waals surface area (Å²) in [6.07, 6.45) is 3.78. The van der Waals surface area contributed by atoms with E-state index in [1.54, 1.807) is 0 Å². The fourth-order valence-electron chi connectivity index (χ4n) is 2.72. The Labute approximate surface area is 115 Å². The second-order valence-corrected chi connectivity index (χ2v) is 4.62. The molecule has 2 heterocycles. The molecule has 2 N–H and O–H groups in total. The van der Waals surface area contributed by atoms with E-state index in [-0.39, 0.29) is 24.8 Å². The van der Waals surface area contributed by atoms with Crippen molar-refractivity contribution in [3.63, 3.8) is 0 Å². The summed E-state index contributed by atoms with van der Waals surface area (Å²) in [5, 5.41) is 6.89. The van der Waals surface area contributed by atoms with Crippen molar-refractivity contribution in [1.82, 2.24) is 5.32 Å².